The third-order valence-corrected chi connectivity index (χ3v) is 2.32. The molecule has 0 atom stereocenters. The SMILES string of the molecule is O=C1C=CC(=O)N1c1cc(C(F)(F)F)ccc1F. The molecule has 0 unspecified atom stereocenters. The normalized spacial score (nSPS) is 15.7. The van der Waals surface area contributed by atoms with Gasteiger partial charge in [-0.1, -0.05) is 0 Å². The van der Waals surface area contributed by atoms with Crippen LogP contribution in [0.25, 0.3) is 0 Å². The number of nitrogens with zero attached hydrogens (tertiary/aromatic N) is 1. The molecule has 0 fully saturated rings. The molecule has 94 valence electrons. The van der Waals surface area contributed by atoms with Crippen LogP contribution in [0.3, 0.4) is 0 Å². The zero-order valence-corrected chi connectivity index (χ0v) is 8.66. The first-order valence-corrected chi connectivity index (χ1v) is 4.73. The highest BCUT2D eigenvalue weighted by Gasteiger charge is 2.34. The molecule has 1 aliphatic rings. The summed E-state index contributed by atoms with van der Waals surface area (Å²) in [6.45, 7) is 0. The van der Waals surface area contributed by atoms with Crippen LogP contribution in [0.5, 0.6) is 0 Å². The number of rotatable bonds is 1. The molecule has 0 saturated carbocycles. The van der Waals surface area contributed by atoms with Crippen LogP contribution in [0, 0.1) is 5.82 Å². The van der Waals surface area contributed by atoms with Gasteiger partial charge in [0.2, 0.25) is 0 Å². The fourth-order valence-corrected chi connectivity index (χ4v) is 1.50. The van der Waals surface area contributed by atoms with Gasteiger partial charge in [-0.3, -0.25) is 9.59 Å². The Kier molecular flexibility index (Phi) is 2.68. The van der Waals surface area contributed by atoms with Crippen LogP contribution >= 0.6 is 0 Å². The fourth-order valence-electron chi connectivity index (χ4n) is 1.50. The molecule has 1 aromatic carbocycles. The van der Waals surface area contributed by atoms with Gasteiger partial charge >= 0.3 is 6.18 Å². The van der Waals surface area contributed by atoms with E-state index >= 15 is 0 Å². The number of halogens is 4. The van der Waals surface area contributed by atoms with E-state index in [2.05, 4.69) is 0 Å². The molecule has 3 nitrogen and oxygen atoms in total. The monoisotopic (exact) mass is 259 g/mol. The minimum absolute atomic E-state index is 0.352. The van der Waals surface area contributed by atoms with E-state index in [0.717, 1.165) is 12.2 Å². The molecule has 7 heteroatoms. The van der Waals surface area contributed by atoms with E-state index in [4.69, 9.17) is 0 Å². The average Bonchev–Trinajstić information content (AvgIpc) is 2.58. The largest absolute Gasteiger partial charge is 0.416 e. The molecular formula is C11H5F4NO2. The molecule has 2 amide bonds. The molecule has 1 aliphatic heterocycles. The van der Waals surface area contributed by atoms with Gasteiger partial charge in [-0.2, -0.15) is 13.2 Å². The van der Waals surface area contributed by atoms with Crippen molar-refractivity contribution in [2.24, 2.45) is 0 Å². The second kappa shape index (κ2) is 3.94. The Morgan fingerprint density at radius 2 is 1.56 bits per heavy atom. The summed E-state index contributed by atoms with van der Waals surface area (Å²) in [5.41, 5.74) is -1.84. The molecule has 0 N–H and O–H groups in total. The van der Waals surface area contributed by atoms with Gasteiger partial charge in [0.05, 0.1) is 11.3 Å². The molecule has 1 aromatic rings. The number of hydrogen-bond donors (Lipinski definition) is 0. The molecule has 0 saturated heterocycles. The zero-order valence-electron chi connectivity index (χ0n) is 8.66. The van der Waals surface area contributed by atoms with Gasteiger partial charge in [-0.15, -0.1) is 0 Å². The number of hydrogen-bond acceptors (Lipinski definition) is 2. The van der Waals surface area contributed by atoms with Crippen LogP contribution < -0.4 is 4.90 Å². The standard InChI is InChI=1S/C11H5F4NO2/c12-7-2-1-6(11(13,14)15)5-8(7)16-9(17)3-4-10(16)18/h1-5H. The van der Waals surface area contributed by atoms with Crippen LogP contribution in [0.2, 0.25) is 0 Å². The Balaban J connectivity index is 2.51. The summed E-state index contributed by atoms with van der Waals surface area (Å²) in [6, 6.07) is 1.53. The van der Waals surface area contributed by atoms with E-state index in [9.17, 15) is 27.2 Å². The Labute approximate surface area is 98.3 Å². The van der Waals surface area contributed by atoms with Crippen molar-refractivity contribution in [2.75, 3.05) is 4.90 Å². The van der Waals surface area contributed by atoms with Gasteiger partial charge in [0.25, 0.3) is 11.8 Å². The second-order valence-corrected chi connectivity index (χ2v) is 3.51. The van der Waals surface area contributed by atoms with E-state index in [1.807, 2.05) is 0 Å². The Morgan fingerprint density at radius 3 is 2.06 bits per heavy atom. The molecule has 1 heterocycles. The van der Waals surface area contributed by atoms with Crippen molar-refractivity contribution in [3.05, 3.63) is 41.7 Å². The minimum Gasteiger partial charge on any atom is -0.269 e. The van der Waals surface area contributed by atoms with Gasteiger partial charge in [-0.05, 0) is 18.2 Å². The molecule has 18 heavy (non-hydrogen) atoms. The summed E-state index contributed by atoms with van der Waals surface area (Å²) >= 11 is 0. The molecule has 2 rings (SSSR count). The minimum atomic E-state index is -4.68. The van der Waals surface area contributed by atoms with E-state index in [1.165, 1.54) is 0 Å². The van der Waals surface area contributed by atoms with Gasteiger partial charge in [-0.25, -0.2) is 9.29 Å². The first-order valence-electron chi connectivity index (χ1n) is 4.73. The third kappa shape index (κ3) is 1.99. The number of carbonyl (C=O) groups is 2. The highest BCUT2D eigenvalue weighted by molar-refractivity contribution is 6.28. The van der Waals surface area contributed by atoms with Crippen LogP contribution in [0.15, 0.2) is 30.4 Å². The number of amides is 2. The van der Waals surface area contributed by atoms with Crippen LogP contribution in [-0.4, -0.2) is 11.8 Å². The number of imide groups is 1. The van der Waals surface area contributed by atoms with Crippen molar-refractivity contribution in [2.45, 2.75) is 6.18 Å². The maximum Gasteiger partial charge on any atom is 0.416 e. The first-order chi connectivity index (χ1) is 8.30. The van der Waals surface area contributed by atoms with E-state index < -0.39 is 35.1 Å². The van der Waals surface area contributed by atoms with Gasteiger partial charge in [0.1, 0.15) is 5.82 Å². The van der Waals surface area contributed by atoms with Crippen molar-refractivity contribution in [1.82, 2.24) is 0 Å². The zero-order chi connectivity index (χ0) is 13.5. The average molecular weight is 259 g/mol. The number of alkyl halides is 3. The van der Waals surface area contributed by atoms with Crippen LogP contribution in [-0.2, 0) is 15.8 Å². The van der Waals surface area contributed by atoms with Gasteiger partial charge in [0.15, 0.2) is 0 Å². The van der Waals surface area contributed by atoms with Crippen molar-refractivity contribution in [1.29, 1.82) is 0 Å². The smallest absolute Gasteiger partial charge is 0.269 e. The Morgan fingerprint density at radius 1 is 1.00 bits per heavy atom. The topological polar surface area (TPSA) is 37.4 Å². The van der Waals surface area contributed by atoms with Crippen molar-refractivity contribution >= 4 is 17.5 Å². The van der Waals surface area contributed by atoms with Crippen LogP contribution in [0.1, 0.15) is 5.56 Å². The van der Waals surface area contributed by atoms with E-state index in [-0.39, 0.29) is 0 Å². The molecule has 0 radical (unpaired) electrons. The van der Waals surface area contributed by atoms with E-state index in [0.29, 0.717) is 23.1 Å². The lowest BCUT2D eigenvalue weighted by atomic mass is 10.1. The lowest BCUT2D eigenvalue weighted by Crippen LogP contribution is -2.30. The third-order valence-electron chi connectivity index (χ3n) is 2.32. The predicted octanol–water partition coefficient (Wildman–Crippen LogP) is 2.27. The maximum atomic E-state index is 13.4. The van der Waals surface area contributed by atoms with Crippen molar-refractivity contribution in [3.8, 4) is 0 Å². The summed E-state index contributed by atoms with van der Waals surface area (Å²) in [5.74, 6) is -2.83. The molecule has 0 bridgehead atoms. The summed E-state index contributed by atoms with van der Waals surface area (Å²) in [4.78, 5) is 22.9. The number of benzene rings is 1. The molecule has 0 spiro atoms. The summed E-state index contributed by atoms with van der Waals surface area (Å²) in [5, 5.41) is 0. The lowest BCUT2D eigenvalue weighted by molar-refractivity contribution is -0.137. The summed E-state index contributed by atoms with van der Waals surface area (Å²) in [6.07, 6.45) is -2.95. The van der Waals surface area contributed by atoms with Crippen molar-refractivity contribution < 1.29 is 27.2 Å². The fraction of sp³-hybridized carbons (Fsp3) is 0.0909. The highest BCUT2D eigenvalue weighted by atomic mass is 19.4. The summed E-state index contributed by atoms with van der Waals surface area (Å²) < 4.78 is 50.8. The predicted molar refractivity (Wildman–Crippen MR) is 53.0 cm³/mol. The van der Waals surface area contributed by atoms with Gasteiger partial charge < -0.3 is 0 Å². The van der Waals surface area contributed by atoms with Gasteiger partial charge in [0, 0.05) is 12.2 Å². The second-order valence-electron chi connectivity index (χ2n) is 3.51. The Bertz CT molecular complexity index is 545. The highest BCUT2D eigenvalue weighted by Crippen LogP contribution is 2.33. The van der Waals surface area contributed by atoms with E-state index in [1.54, 1.807) is 0 Å². The first kappa shape index (κ1) is 12.3. The molecule has 0 aromatic heterocycles. The number of anilines is 1. The van der Waals surface area contributed by atoms with Crippen molar-refractivity contribution in [3.63, 3.8) is 0 Å². The Hall–Kier alpha value is -2.18. The lowest BCUT2D eigenvalue weighted by Gasteiger charge is -2.16. The molecular weight excluding hydrogens is 254 g/mol. The quantitative estimate of drug-likeness (QED) is 0.573. The molecule has 0 aliphatic carbocycles. The number of carbonyl (C=O) groups excluding carboxylic acids is 2. The van der Waals surface area contributed by atoms with Crippen LogP contribution in [0.4, 0.5) is 23.2 Å². The summed E-state index contributed by atoms with van der Waals surface area (Å²) in [7, 11) is 0. The maximum absolute atomic E-state index is 13.4.